The Morgan fingerprint density at radius 1 is 1.10 bits per heavy atom. The zero-order chi connectivity index (χ0) is 21.4. The van der Waals surface area contributed by atoms with Crippen LogP contribution in [-0.4, -0.2) is 32.7 Å². The Kier molecular flexibility index (Phi) is 7.90. The number of para-hydroxylation sites is 1. The molecule has 0 aliphatic carbocycles. The molecule has 0 heterocycles. The van der Waals surface area contributed by atoms with Gasteiger partial charge < -0.3 is 10.1 Å². The van der Waals surface area contributed by atoms with Crippen LogP contribution in [0.5, 0.6) is 0 Å². The number of hydrogen-bond donors (Lipinski definition) is 1. The number of rotatable bonds is 9. The largest absolute Gasteiger partial charge is 0.456 e. The van der Waals surface area contributed by atoms with E-state index in [1.54, 1.807) is 12.1 Å². The minimum Gasteiger partial charge on any atom is -0.456 e. The van der Waals surface area contributed by atoms with Gasteiger partial charge >= 0.3 is 5.97 Å². The van der Waals surface area contributed by atoms with Crippen LogP contribution in [0.1, 0.15) is 38.2 Å². The van der Waals surface area contributed by atoms with E-state index < -0.39 is 46.3 Å². The van der Waals surface area contributed by atoms with Crippen LogP contribution >= 0.6 is 0 Å². The van der Waals surface area contributed by atoms with Crippen molar-refractivity contribution in [3.05, 3.63) is 59.9 Å². The van der Waals surface area contributed by atoms with E-state index in [1.165, 1.54) is 0 Å². The Hall–Kier alpha value is -2.74. The summed E-state index contributed by atoms with van der Waals surface area (Å²) in [6.45, 7) is 3.59. The van der Waals surface area contributed by atoms with E-state index in [9.17, 15) is 22.4 Å². The Bertz CT molecular complexity index is 957. The number of halogens is 1. The molecule has 0 saturated heterocycles. The molecule has 29 heavy (non-hydrogen) atoms. The van der Waals surface area contributed by atoms with E-state index in [2.05, 4.69) is 5.32 Å². The summed E-state index contributed by atoms with van der Waals surface area (Å²) in [5, 5.41) is 2.71. The maximum atomic E-state index is 12.9. The molecular formula is C21H24FNO5S. The van der Waals surface area contributed by atoms with Crippen molar-refractivity contribution in [1.29, 1.82) is 0 Å². The van der Waals surface area contributed by atoms with Crippen LogP contribution in [0.3, 0.4) is 0 Å². The topological polar surface area (TPSA) is 89.5 Å². The van der Waals surface area contributed by atoms with Crippen LogP contribution < -0.4 is 5.32 Å². The molecule has 6 nitrogen and oxygen atoms in total. The minimum absolute atomic E-state index is 0.0777. The minimum atomic E-state index is -3.75. The summed E-state index contributed by atoms with van der Waals surface area (Å²) in [4.78, 5) is 23.8. The zero-order valence-corrected chi connectivity index (χ0v) is 17.2. The molecule has 0 aliphatic heterocycles. The molecule has 156 valence electrons. The molecule has 0 spiro atoms. The van der Waals surface area contributed by atoms with Gasteiger partial charge in [-0.3, -0.25) is 9.59 Å². The van der Waals surface area contributed by atoms with Gasteiger partial charge in [-0.1, -0.05) is 32.0 Å². The van der Waals surface area contributed by atoms with Crippen LogP contribution in [0.2, 0.25) is 0 Å². The molecule has 1 N–H and O–H groups in total. The maximum absolute atomic E-state index is 12.9. The number of anilines is 1. The van der Waals surface area contributed by atoms with E-state index >= 15 is 0 Å². The fraction of sp³-hybridized carbons (Fsp3) is 0.333. The molecule has 0 unspecified atom stereocenters. The zero-order valence-electron chi connectivity index (χ0n) is 16.4. The highest BCUT2D eigenvalue weighted by Crippen LogP contribution is 2.26. The van der Waals surface area contributed by atoms with Crippen molar-refractivity contribution in [3.63, 3.8) is 0 Å². The number of benzene rings is 2. The number of hydrogen-bond acceptors (Lipinski definition) is 5. The van der Waals surface area contributed by atoms with Crippen molar-refractivity contribution in [2.24, 2.45) is 0 Å². The van der Waals surface area contributed by atoms with Gasteiger partial charge in [-0.25, -0.2) is 12.8 Å². The summed E-state index contributed by atoms with van der Waals surface area (Å²) in [6.07, 6.45) is 0.501. The molecule has 0 fully saturated rings. The van der Waals surface area contributed by atoms with Crippen LogP contribution in [-0.2, 0) is 24.2 Å². The molecule has 0 aromatic heterocycles. The SMILES string of the molecule is CC[C@@H](C)c1ccccc1NC(=O)COC(=O)CCS(=O)(=O)c1ccc(F)cc1. The summed E-state index contributed by atoms with van der Waals surface area (Å²) in [5.41, 5.74) is 1.64. The van der Waals surface area contributed by atoms with E-state index in [-0.39, 0.29) is 10.8 Å². The normalized spacial score (nSPS) is 12.2. The van der Waals surface area contributed by atoms with E-state index in [0.717, 1.165) is 36.2 Å². The van der Waals surface area contributed by atoms with Crippen LogP contribution in [0.4, 0.5) is 10.1 Å². The number of carbonyl (C=O) groups is 2. The summed E-state index contributed by atoms with van der Waals surface area (Å²) >= 11 is 0. The molecule has 2 aromatic rings. The van der Waals surface area contributed by atoms with Gasteiger partial charge in [0, 0.05) is 5.69 Å². The molecule has 1 atom stereocenters. The average molecular weight is 421 g/mol. The van der Waals surface area contributed by atoms with Gasteiger partial charge in [0.2, 0.25) is 0 Å². The lowest BCUT2D eigenvalue weighted by Crippen LogP contribution is -2.22. The van der Waals surface area contributed by atoms with Crippen LogP contribution in [0.15, 0.2) is 53.4 Å². The van der Waals surface area contributed by atoms with Crippen molar-refractivity contribution in [2.45, 2.75) is 37.5 Å². The second kappa shape index (κ2) is 10.2. The molecule has 2 aromatic carbocycles. The maximum Gasteiger partial charge on any atom is 0.307 e. The highest BCUT2D eigenvalue weighted by molar-refractivity contribution is 7.91. The number of sulfone groups is 1. The lowest BCUT2D eigenvalue weighted by atomic mass is 9.97. The second-order valence-electron chi connectivity index (χ2n) is 6.63. The molecule has 2 rings (SSSR count). The summed E-state index contributed by atoms with van der Waals surface area (Å²) < 4.78 is 42.1. The van der Waals surface area contributed by atoms with E-state index in [4.69, 9.17) is 4.74 Å². The average Bonchev–Trinajstić information content (AvgIpc) is 2.71. The van der Waals surface area contributed by atoms with Gasteiger partial charge in [0.1, 0.15) is 5.82 Å². The highest BCUT2D eigenvalue weighted by Gasteiger charge is 2.18. The third-order valence-electron chi connectivity index (χ3n) is 4.49. The monoisotopic (exact) mass is 421 g/mol. The molecule has 0 aliphatic rings. The Morgan fingerprint density at radius 3 is 2.41 bits per heavy atom. The van der Waals surface area contributed by atoms with Gasteiger partial charge in [-0.2, -0.15) is 0 Å². The smallest absolute Gasteiger partial charge is 0.307 e. The predicted octanol–water partition coefficient (Wildman–Crippen LogP) is 3.68. The number of carbonyl (C=O) groups excluding carboxylic acids is 2. The first kappa shape index (κ1) is 22.5. The second-order valence-corrected chi connectivity index (χ2v) is 8.74. The lowest BCUT2D eigenvalue weighted by molar-refractivity contribution is -0.146. The number of ether oxygens (including phenoxy) is 1. The highest BCUT2D eigenvalue weighted by atomic mass is 32.2. The number of amides is 1. The molecule has 0 saturated carbocycles. The van der Waals surface area contributed by atoms with Crippen molar-refractivity contribution in [3.8, 4) is 0 Å². The van der Waals surface area contributed by atoms with Gasteiger partial charge in [0.15, 0.2) is 16.4 Å². The molecule has 1 amide bonds. The molecule has 0 bridgehead atoms. The standard InChI is InChI=1S/C21H24FNO5S/c1-3-15(2)18-6-4-5-7-19(18)23-20(24)14-28-21(25)12-13-29(26,27)17-10-8-16(22)9-11-17/h4-11,15H,3,12-14H2,1-2H3,(H,23,24)/t15-/m1/s1. The summed E-state index contributed by atoms with van der Waals surface area (Å²) in [5.74, 6) is -2.10. The molecule has 0 radical (unpaired) electrons. The molecule has 8 heteroatoms. The van der Waals surface area contributed by atoms with Gasteiger partial charge in [0.05, 0.1) is 17.1 Å². The van der Waals surface area contributed by atoms with Gasteiger partial charge in [0.25, 0.3) is 5.91 Å². The summed E-state index contributed by atoms with van der Waals surface area (Å²) in [6, 6.07) is 11.7. The predicted molar refractivity (Wildman–Crippen MR) is 108 cm³/mol. The van der Waals surface area contributed by atoms with Gasteiger partial charge in [-0.05, 0) is 48.2 Å². The quantitative estimate of drug-likeness (QED) is 0.493. The molecular weight excluding hydrogens is 397 g/mol. The van der Waals surface area contributed by atoms with Crippen molar-refractivity contribution in [2.75, 3.05) is 17.7 Å². The van der Waals surface area contributed by atoms with Crippen molar-refractivity contribution >= 4 is 27.4 Å². The third-order valence-corrected chi connectivity index (χ3v) is 6.22. The first-order chi connectivity index (χ1) is 13.7. The Morgan fingerprint density at radius 2 is 1.76 bits per heavy atom. The van der Waals surface area contributed by atoms with Crippen molar-refractivity contribution in [1.82, 2.24) is 0 Å². The number of esters is 1. The Balaban J connectivity index is 1.85. The van der Waals surface area contributed by atoms with Crippen LogP contribution in [0.25, 0.3) is 0 Å². The summed E-state index contributed by atoms with van der Waals surface area (Å²) in [7, 11) is -3.75. The fourth-order valence-electron chi connectivity index (χ4n) is 2.64. The lowest BCUT2D eigenvalue weighted by Gasteiger charge is -2.15. The van der Waals surface area contributed by atoms with Crippen molar-refractivity contribution < 1.29 is 27.1 Å². The van der Waals surface area contributed by atoms with E-state index in [0.29, 0.717) is 5.69 Å². The van der Waals surface area contributed by atoms with Crippen LogP contribution in [0, 0.1) is 5.82 Å². The fourth-order valence-corrected chi connectivity index (χ4v) is 3.86. The third kappa shape index (κ3) is 6.67. The first-order valence-electron chi connectivity index (χ1n) is 9.25. The van der Waals surface area contributed by atoms with E-state index in [1.807, 2.05) is 26.0 Å². The number of nitrogens with one attached hydrogen (secondary N) is 1. The first-order valence-corrected chi connectivity index (χ1v) is 10.9. The Labute approximate surface area is 170 Å². The van der Waals surface area contributed by atoms with Gasteiger partial charge in [-0.15, -0.1) is 0 Å².